The Morgan fingerprint density at radius 1 is 1.33 bits per heavy atom. The van der Waals surface area contributed by atoms with Gasteiger partial charge in [-0.1, -0.05) is 28.1 Å². The summed E-state index contributed by atoms with van der Waals surface area (Å²) in [6.45, 7) is 4.14. The largest absolute Gasteiger partial charge is 0.351 e. The van der Waals surface area contributed by atoms with Gasteiger partial charge < -0.3 is 11.1 Å². The second-order valence-corrected chi connectivity index (χ2v) is 7.36. The van der Waals surface area contributed by atoms with E-state index in [0.717, 1.165) is 30.2 Å². The Labute approximate surface area is 141 Å². The molecule has 1 aliphatic rings. The van der Waals surface area contributed by atoms with Gasteiger partial charge in [-0.15, -0.1) is 12.4 Å². The van der Waals surface area contributed by atoms with Crippen molar-refractivity contribution >= 4 is 34.2 Å². The van der Waals surface area contributed by atoms with Gasteiger partial charge in [-0.2, -0.15) is 0 Å². The SMILES string of the molecule is CC(C)(Cc1ccc(Br)cc1)NC(=O)C1CCC(N)C1.Cl. The van der Waals surface area contributed by atoms with Gasteiger partial charge in [-0.05, 0) is 57.2 Å². The van der Waals surface area contributed by atoms with E-state index in [9.17, 15) is 4.79 Å². The molecular weight excluding hydrogens is 352 g/mol. The lowest BCUT2D eigenvalue weighted by Crippen LogP contribution is -2.47. The molecule has 0 heterocycles. The first-order valence-corrected chi connectivity index (χ1v) is 7.97. The summed E-state index contributed by atoms with van der Waals surface area (Å²) in [7, 11) is 0. The van der Waals surface area contributed by atoms with Crippen LogP contribution in [0.5, 0.6) is 0 Å². The number of hydrogen-bond acceptors (Lipinski definition) is 2. The molecule has 1 aromatic rings. The maximum Gasteiger partial charge on any atom is 0.223 e. The van der Waals surface area contributed by atoms with E-state index in [1.54, 1.807) is 0 Å². The van der Waals surface area contributed by atoms with Crippen LogP contribution in [0.15, 0.2) is 28.7 Å². The topological polar surface area (TPSA) is 55.1 Å². The van der Waals surface area contributed by atoms with E-state index in [2.05, 4.69) is 47.2 Å². The Morgan fingerprint density at radius 2 is 1.95 bits per heavy atom. The third-order valence-electron chi connectivity index (χ3n) is 3.86. The lowest BCUT2D eigenvalue weighted by Gasteiger charge is -2.28. The predicted octanol–water partition coefficient (Wildman–Crippen LogP) is 3.44. The molecule has 2 unspecified atom stereocenters. The average molecular weight is 376 g/mol. The van der Waals surface area contributed by atoms with E-state index in [1.807, 2.05) is 12.1 Å². The Morgan fingerprint density at radius 3 is 2.48 bits per heavy atom. The van der Waals surface area contributed by atoms with Gasteiger partial charge in [0.15, 0.2) is 0 Å². The smallest absolute Gasteiger partial charge is 0.223 e. The van der Waals surface area contributed by atoms with Crippen molar-refractivity contribution in [2.45, 2.75) is 51.1 Å². The molecule has 3 N–H and O–H groups in total. The normalized spacial score (nSPS) is 21.7. The van der Waals surface area contributed by atoms with Gasteiger partial charge >= 0.3 is 0 Å². The Hall–Kier alpha value is -0.580. The number of nitrogens with one attached hydrogen (secondary N) is 1. The summed E-state index contributed by atoms with van der Waals surface area (Å²) < 4.78 is 1.07. The monoisotopic (exact) mass is 374 g/mol. The van der Waals surface area contributed by atoms with Crippen molar-refractivity contribution in [3.8, 4) is 0 Å². The number of carbonyl (C=O) groups excluding carboxylic acids is 1. The van der Waals surface area contributed by atoms with Crippen LogP contribution in [0.1, 0.15) is 38.7 Å². The number of carbonyl (C=O) groups is 1. The summed E-state index contributed by atoms with van der Waals surface area (Å²) in [4.78, 5) is 12.3. The van der Waals surface area contributed by atoms with Crippen LogP contribution in [0.4, 0.5) is 0 Å². The molecule has 2 atom stereocenters. The number of halogens is 2. The Bertz CT molecular complexity index is 476. The lowest BCUT2D eigenvalue weighted by molar-refractivity contribution is -0.126. The zero-order chi connectivity index (χ0) is 14.8. The van der Waals surface area contributed by atoms with Crippen LogP contribution in [0, 0.1) is 5.92 Å². The van der Waals surface area contributed by atoms with Crippen LogP contribution in [-0.2, 0) is 11.2 Å². The van der Waals surface area contributed by atoms with Crippen molar-refractivity contribution in [1.29, 1.82) is 0 Å². The number of amides is 1. The Kier molecular flexibility index (Phi) is 6.70. The molecule has 1 saturated carbocycles. The molecule has 0 saturated heterocycles. The van der Waals surface area contributed by atoms with Crippen molar-refractivity contribution in [1.82, 2.24) is 5.32 Å². The van der Waals surface area contributed by atoms with Gasteiger partial charge in [0.2, 0.25) is 5.91 Å². The minimum atomic E-state index is -0.238. The molecule has 1 aliphatic carbocycles. The molecule has 0 bridgehead atoms. The van der Waals surface area contributed by atoms with Crippen molar-refractivity contribution in [3.63, 3.8) is 0 Å². The van der Waals surface area contributed by atoms with E-state index < -0.39 is 0 Å². The minimum absolute atomic E-state index is 0. The standard InChI is InChI=1S/C16H23BrN2O.ClH/c1-16(2,10-11-3-6-13(17)7-4-11)19-15(20)12-5-8-14(18)9-12;/h3-4,6-7,12,14H,5,8-10,18H2,1-2H3,(H,19,20);1H. The van der Waals surface area contributed by atoms with Gasteiger partial charge in [-0.25, -0.2) is 0 Å². The van der Waals surface area contributed by atoms with Crippen molar-refractivity contribution < 1.29 is 4.79 Å². The fourth-order valence-corrected chi connectivity index (χ4v) is 3.11. The van der Waals surface area contributed by atoms with E-state index in [4.69, 9.17) is 5.73 Å². The zero-order valence-electron chi connectivity index (χ0n) is 12.6. The van der Waals surface area contributed by atoms with Crippen LogP contribution in [0.2, 0.25) is 0 Å². The first kappa shape index (κ1) is 18.5. The van der Waals surface area contributed by atoms with Gasteiger partial charge in [-0.3, -0.25) is 4.79 Å². The molecule has 1 aromatic carbocycles. The van der Waals surface area contributed by atoms with Gasteiger partial charge in [0.1, 0.15) is 0 Å². The fourth-order valence-electron chi connectivity index (χ4n) is 2.85. The highest BCUT2D eigenvalue weighted by Crippen LogP contribution is 2.25. The molecule has 3 nitrogen and oxygen atoms in total. The number of rotatable bonds is 4. The fraction of sp³-hybridized carbons (Fsp3) is 0.562. The van der Waals surface area contributed by atoms with Crippen LogP contribution in [0.3, 0.4) is 0 Å². The molecule has 0 radical (unpaired) electrons. The third kappa shape index (κ3) is 5.61. The molecule has 1 fully saturated rings. The number of hydrogen-bond donors (Lipinski definition) is 2. The molecule has 21 heavy (non-hydrogen) atoms. The third-order valence-corrected chi connectivity index (χ3v) is 4.39. The van der Waals surface area contributed by atoms with E-state index in [0.29, 0.717) is 0 Å². The molecule has 0 aliphatic heterocycles. The number of benzene rings is 1. The molecule has 1 amide bonds. The van der Waals surface area contributed by atoms with E-state index >= 15 is 0 Å². The van der Waals surface area contributed by atoms with Gasteiger partial charge in [0.25, 0.3) is 0 Å². The van der Waals surface area contributed by atoms with E-state index in [1.165, 1.54) is 5.56 Å². The Balaban J connectivity index is 0.00000220. The van der Waals surface area contributed by atoms with Crippen LogP contribution in [0.25, 0.3) is 0 Å². The van der Waals surface area contributed by atoms with Crippen LogP contribution < -0.4 is 11.1 Å². The molecular formula is C16H24BrClN2O. The lowest BCUT2D eigenvalue weighted by atomic mass is 9.93. The molecule has 0 aromatic heterocycles. The highest BCUT2D eigenvalue weighted by Gasteiger charge is 2.31. The van der Waals surface area contributed by atoms with Crippen molar-refractivity contribution in [3.05, 3.63) is 34.3 Å². The highest BCUT2D eigenvalue weighted by atomic mass is 79.9. The first-order valence-electron chi connectivity index (χ1n) is 7.18. The molecule has 118 valence electrons. The van der Waals surface area contributed by atoms with Crippen molar-refractivity contribution in [2.24, 2.45) is 11.7 Å². The van der Waals surface area contributed by atoms with Gasteiger partial charge in [0, 0.05) is 22.0 Å². The second-order valence-electron chi connectivity index (χ2n) is 6.45. The predicted molar refractivity (Wildman–Crippen MR) is 92.6 cm³/mol. The summed E-state index contributed by atoms with van der Waals surface area (Å²) in [5, 5.41) is 3.18. The maximum absolute atomic E-state index is 12.3. The maximum atomic E-state index is 12.3. The summed E-state index contributed by atoms with van der Waals surface area (Å²) in [5.41, 5.74) is 6.87. The molecule has 0 spiro atoms. The van der Waals surface area contributed by atoms with E-state index in [-0.39, 0.29) is 35.8 Å². The van der Waals surface area contributed by atoms with Crippen molar-refractivity contribution in [2.75, 3.05) is 0 Å². The van der Waals surface area contributed by atoms with Gasteiger partial charge in [0.05, 0.1) is 0 Å². The summed E-state index contributed by atoms with van der Waals surface area (Å²) in [5.74, 6) is 0.245. The first-order chi connectivity index (χ1) is 9.35. The zero-order valence-corrected chi connectivity index (χ0v) is 15.0. The second kappa shape index (κ2) is 7.61. The molecule has 5 heteroatoms. The minimum Gasteiger partial charge on any atom is -0.351 e. The average Bonchev–Trinajstić information content (AvgIpc) is 2.78. The summed E-state index contributed by atoms with van der Waals surface area (Å²) >= 11 is 3.43. The number of nitrogens with two attached hydrogens (primary N) is 1. The van der Waals surface area contributed by atoms with Crippen LogP contribution in [-0.4, -0.2) is 17.5 Å². The van der Waals surface area contributed by atoms with Crippen LogP contribution >= 0.6 is 28.3 Å². The molecule has 2 rings (SSSR count). The summed E-state index contributed by atoms with van der Waals surface area (Å²) in [6, 6.07) is 8.43. The summed E-state index contributed by atoms with van der Waals surface area (Å²) in [6.07, 6.45) is 3.53. The quantitative estimate of drug-likeness (QED) is 0.847. The highest BCUT2D eigenvalue weighted by molar-refractivity contribution is 9.10.